The minimum atomic E-state index is -0.205. The minimum absolute atomic E-state index is 0.00668. The third-order valence-electron chi connectivity index (χ3n) is 4.45. The number of nitrogens with two attached hydrogens (primary N) is 1. The van der Waals surface area contributed by atoms with Gasteiger partial charge in [-0.3, -0.25) is 11.3 Å². The second-order valence-corrected chi connectivity index (χ2v) is 6.27. The third kappa shape index (κ3) is 3.34. The maximum atomic E-state index is 6.18. The number of nitrogens with one attached hydrogen (secondary N) is 1. The first kappa shape index (κ1) is 15.8. The van der Waals surface area contributed by atoms with Crippen molar-refractivity contribution in [2.24, 2.45) is 11.8 Å². The molecule has 1 fully saturated rings. The van der Waals surface area contributed by atoms with Gasteiger partial charge in [-0.2, -0.15) is 0 Å². The standard InChI is InChI=1S/C16H25ClN2O/c1-3-20-16(10-8-12(2)9-11-16)15(19-18)13-4-6-14(17)7-5-13/h4-7,12,15,19H,3,8-11,18H2,1-2H3. The van der Waals surface area contributed by atoms with Gasteiger partial charge in [-0.05, 0) is 56.2 Å². The first-order chi connectivity index (χ1) is 9.61. The van der Waals surface area contributed by atoms with E-state index in [-0.39, 0.29) is 11.6 Å². The molecule has 1 atom stereocenters. The van der Waals surface area contributed by atoms with Gasteiger partial charge < -0.3 is 4.74 Å². The Morgan fingerprint density at radius 3 is 2.45 bits per heavy atom. The van der Waals surface area contributed by atoms with Crippen LogP contribution in [0.3, 0.4) is 0 Å². The van der Waals surface area contributed by atoms with E-state index < -0.39 is 0 Å². The molecule has 0 aliphatic heterocycles. The molecule has 0 spiro atoms. The van der Waals surface area contributed by atoms with Crippen molar-refractivity contribution in [2.45, 2.75) is 51.2 Å². The molecule has 1 aromatic rings. The lowest BCUT2D eigenvalue weighted by atomic mass is 9.73. The van der Waals surface area contributed by atoms with E-state index in [2.05, 4.69) is 19.3 Å². The van der Waals surface area contributed by atoms with Crippen LogP contribution in [0.4, 0.5) is 0 Å². The molecule has 0 aromatic heterocycles. The Kier molecular flexibility index (Phi) is 5.44. The molecule has 3 nitrogen and oxygen atoms in total. The number of hydrogen-bond donors (Lipinski definition) is 2. The molecule has 112 valence electrons. The van der Waals surface area contributed by atoms with Gasteiger partial charge in [0.25, 0.3) is 0 Å². The zero-order valence-electron chi connectivity index (χ0n) is 12.4. The second kappa shape index (κ2) is 6.90. The van der Waals surface area contributed by atoms with Gasteiger partial charge in [-0.15, -0.1) is 0 Å². The highest BCUT2D eigenvalue weighted by Crippen LogP contribution is 2.43. The van der Waals surface area contributed by atoms with Crippen LogP contribution in [0.5, 0.6) is 0 Å². The summed E-state index contributed by atoms with van der Waals surface area (Å²) in [5.74, 6) is 6.63. The molecule has 1 saturated carbocycles. The quantitative estimate of drug-likeness (QED) is 0.641. The monoisotopic (exact) mass is 296 g/mol. The van der Waals surface area contributed by atoms with Crippen LogP contribution >= 0.6 is 11.6 Å². The second-order valence-electron chi connectivity index (χ2n) is 5.83. The van der Waals surface area contributed by atoms with Gasteiger partial charge in [0.1, 0.15) is 0 Å². The molecule has 0 saturated heterocycles. The summed E-state index contributed by atoms with van der Waals surface area (Å²) in [7, 11) is 0. The summed E-state index contributed by atoms with van der Waals surface area (Å²) in [6, 6.07) is 7.89. The van der Waals surface area contributed by atoms with Gasteiger partial charge in [-0.1, -0.05) is 30.7 Å². The van der Waals surface area contributed by atoms with Gasteiger partial charge in [0.15, 0.2) is 0 Å². The Labute approximate surface area is 126 Å². The Balaban J connectivity index is 2.27. The van der Waals surface area contributed by atoms with E-state index >= 15 is 0 Å². The highest BCUT2D eigenvalue weighted by Gasteiger charge is 2.42. The molecular formula is C16H25ClN2O. The lowest BCUT2D eigenvalue weighted by molar-refractivity contribution is -0.0977. The first-order valence-corrected chi connectivity index (χ1v) is 7.84. The van der Waals surface area contributed by atoms with Crippen molar-refractivity contribution >= 4 is 11.6 Å². The van der Waals surface area contributed by atoms with Crippen LogP contribution in [-0.4, -0.2) is 12.2 Å². The van der Waals surface area contributed by atoms with E-state index in [0.29, 0.717) is 6.61 Å². The predicted molar refractivity (Wildman–Crippen MR) is 83.5 cm³/mol. The van der Waals surface area contributed by atoms with E-state index in [4.69, 9.17) is 22.2 Å². The van der Waals surface area contributed by atoms with E-state index in [1.54, 1.807) is 0 Å². The summed E-state index contributed by atoms with van der Waals surface area (Å²) >= 11 is 5.98. The van der Waals surface area contributed by atoms with Crippen LogP contribution in [0.2, 0.25) is 5.02 Å². The molecule has 1 aliphatic carbocycles. The Bertz CT molecular complexity index is 413. The van der Waals surface area contributed by atoms with E-state index in [1.807, 2.05) is 24.3 Å². The van der Waals surface area contributed by atoms with Crippen molar-refractivity contribution in [3.63, 3.8) is 0 Å². The van der Waals surface area contributed by atoms with Gasteiger partial charge in [0, 0.05) is 11.6 Å². The molecule has 1 unspecified atom stereocenters. The third-order valence-corrected chi connectivity index (χ3v) is 4.70. The summed E-state index contributed by atoms with van der Waals surface area (Å²) < 4.78 is 6.18. The normalized spacial score (nSPS) is 28.3. The van der Waals surface area contributed by atoms with Crippen molar-refractivity contribution in [1.29, 1.82) is 0 Å². The minimum Gasteiger partial charge on any atom is -0.373 e. The zero-order chi connectivity index (χ0) is 14.6. The van der Waals surface area contributed by atoms with Crippen molar-refractivity contribution in [1.82, 2.24) is 5.43 Å². The number of halogens is 1. The van der Waals surface area contributed by atoms with E-state index in [9.17, 15) is 0 Å². The lowest BCUT2D eigenvalue weighted by Gasteiger charge is -2.44. The summed E-state index contributed by atoms with van der Waals surface area (Å²) in [6.07, 6.45) is 4.45. The number of rotatable bonds is 5. The first-order valence-electron chi connectivity index (χ1n) is 7.47. The zero-order valence-corrected chi connectivity index (χ0v) is 13.1. The van der Waals surface area contributed by atoms with Crippen molar-refractivity contribution in [3.05, 3.63) is 34.9 Å². The average molecular weight is 297 g/mol. The molecule has 2 rings (SSSR count). The largest absolute Gasteiger partial charge is 0.373 e. The smallest absolute Gasteiger partial charge is 0.0889 e. The SMILES string of the molecule is CCOC1(C(NN)c2ccc(Cl)cc2)CCC(C)CC1. The number of hydrogen-bond acceptors (Lipinski definition) is 3. The maximum Gasteiger partial charge on any atom is 0.0889 e. The summed E-state index contributed by atoms with van der Waals surface area (Å²) in [4.78, 5) is 0. The van der Waals surface area contributed by atoms with E-state index in [0.717, 1.165) is 29.3 Å². The fraction of sp³-hybridized carbons (Fsp3) is 0.625. The molecular weight excluding hydrogens is 272 g/mol. The fourth-order valence-corrected chi connectivity index (χ4v) is 3.39. The van der Waals surface area contributed by atoms with E-state index in [1.165, 1.54) is 12.8 Å². The number of benzene rings is 1. The molecule has 1 aromatic carbocycles. The van der Waals surface area contributed by atoms with Crippen molar-refractivity contribution in [2.75, 3.05) is 6.61 Å². The predicted octanol–water partition coefficient (Wildman–Crippen LogP) is 3.83. The van der Waals surface area contributed by atoms with Gasteiger partial charge in [-0.25, -0.2) is 0 Å². The molecule has 3 N–H and O–H groups in total. The summed E-state index contributed by atoms with van der Waals surface area (Å²) in [5.41, 5.74) is 3.91. The fourth-order valence-electron chi connectivity index (χ4n) is 3.26. The molecule has 0 bridgehead atoms. The van der Waals surface area contributed by atoms with Crippen LogP contribution in [0.25, 0.3) is 0 Å². The van der Waals surface area contributed by atoms with Crippen LogP contribution in [-0.2, 0) is 4.74 Å². The Morgan fingerprint density at radius 1 is 1.35 bits per heavy atom. The van der Waals surface area contributed by atoms with Gasteiger partial charge in [0.05, 0.1) is 11.6 Å². The Morgan fingerprint density at radius 2 is 1.95 bits per heavy atom. The van der Waals surface area contributed by atoms with Crippen LogP contribution < -0.4 is 11.3 Å². The molecule has 20 heavy (non-hydrogen) atoms. The van der Waals surface area contributed by atoms with Crippen LogP contribution in [0.1, 0.15) is 51.1 Å². The maximum absolute atomic E-state index is 6.18. The lowest BCUT2D eigenvalue weighted by Crippen LogP contribution is -2.50. The van der Waals surface area contributed by atoms with Crippen molar-refractivity contribution in [3.8, 4) is 0 Å². The summed E-state index contributed by atoms with van der Waals surface area (Å²) in [5, 5.41) is 0.743. The van der Waals surface area contributed by atoms with Gasteiger partial charge in [0.2, 0.25) is 0 Å². The average Bonchev–Trinajstić information content (AvgIpc) is 2.45. The molecule has 0 radical (unpaired) electrons. The molecule has 1 aliphatic rings. The highest BCUT2D eigenvalue weighted by atomic mass is 35.5. The Hall–Kier alpha value is -0.610. The molecule has 4 heteroatoms. The molecule has 0 heterocycles. The highest BCUT2D eigenvalue weighted by molar-refractivity contribution is 6.30. The number of hydrazine groups is 1. The van der Waals surface area contributed by atoms with Crippen LogP contribution in [0.15, 0.2) is 24.3 Å². The summed E-state index contributed by atoms with van der Waals surface area (Å²) in [6.45, 7) is 5.07. The number of ether oxygens (including phenoxy) is 1. The van der Waals surface area contributed by atoms with Crippen molar-refractivity contribution < 1.29 is 4.74 Å². The topological polar surface area (TPSA) is 47.3 Å². The van der Waals surface area contributed by atoms with Crippen LogP contribution in [0, 0.1) is 5.92 Å². The molecule has 0 amide bonds. The van der Waals surface area contributed by atoms with Gasteiger partial charge >= 0.3 is 0 Å².